The van der Waals surface area contributed by atoms with Crippen LogP contribution in [0.1, 0.15) is 0 Å². The van der Waals surface area contributed by atoms with Gasteiger partial charge in [0.15, 0.2) is 0 Å². The van der Waals surface area contributed by atoms with Gasteiger partial charge in [-0.25, -0.2) is 5.10 Å². The van der Waals surface area contributed by atoms with E-state index in [1.54, 1.807) is 6.07 Å². The first-order valence-corrected chi connectivity index (χ1v) is 8.06. The number of nitrogens with one attached hydrogen (secondary N) is 2. The molecule has 122 valence electrons. The maximum atomic E-state index is 11.4. The number of hydrogen-bond acceptors (Lipinski definition) is 3. The molecule has 0 aliphatic carbocycles. The topological polar surface area (TPSA) is 74.4 Å². The quantitative estimate of drug-likeness (QED) is 0.584. The highest BCUT2D eigenvalue weighted by molar-refractivity contribution is 6.30. The van der Waals surface area contributed by atoms with Gasteiger partial charge in [-0.05, 0) is 18.2 Å². The molecule has 6 heteroatoms. The van der Waals surface area contributed by atoms with Crippen LogP contribution in [0.3, 0.4) is 0 Å². The van der Waals surface area contributed by atoms with Gasteiger partial charge in [0.05, 0.1) is 17.0 Å². The lowest BCUT2D eigenvalue weighted by Gasteiger charge is -2.06. The fourth-order valence-corrected chi connectivity index (χ4v) is 2.92. The van der Waals surface area contributed by atoms with E-state index >= 15 is 0 Å². The van der Waals surface area contributed by atoms with Gasteiger partial charge in [0, 0.05) is 22.2 Å². The molecule has 0 unspecified atom stereocenters. The Bertz CT molecular complexity index is 1070. The van der Waals surface area contributed by atoms with Gasteiger partial charge >= 0.3 is 0 Å². The predicted molar refractivity (Wildman–Crippen MR) is 98.3 cm³/mol. The first kappa shape index (κ1) is 15.4. The summed E-state index contributed by atoms with van der Waals surface area (Å²) in [5.41, 5.74) is 4.58. The van der Waals surface area contributed by atoms with Crippen molar-refractivity contribution in [3.63, 3.8) is 0 Å². The molecule has 2 aromatic carbocycles. The molecule has 0 fully saturated rings. The van der Waals surface area contributed by atoms with E-state index in [2.05, 4.69) is 20.4 Å². The van der Waals surface area contributed by atoms with Crippen LogP contribution >= 0.6 is 11.6 Å². The van der Waals surface area contributed by atoms with Crippen molar-refractivity contribution >= 4 is 11.6 Å². The Kier molecular flexibility index (Phi) is 3.91. The lowest BCUT2D eigenvalue weighted by atomic mass is 9.99. The van der Waals surface area contributed by atoms with Gasteiger partial charge in [-0.2, -0.15) is 10.2 Å². The molecule has 2 aromatic heterocycles. The maximum absolute atomic E-state index is 11.4. The largest absolute Gasteiger partial charge is 0.277 e. The predicted octanol–water partition coefficient (Wildman–Crippen LogP) is 4.15. The third kappa shape index (κ3) is 2.97. The minimum atomic E-state index is -0.252. The minimum absolute atomic E-state index is 0.252. The Morgan fingerprint density at radius 1 is 0.800 bits per heavy atom. The number of hydrogen-bond donors (Lipinski definition) is 2. The Morgan fingerprint density at radius 2 is 1.60 bits per heavy atom. The fourth-order valence-electron chi connectivity index (χ4n) is 2.73. The lowest BCUT2D eigenvalue weighted by molar-refractivity contribution is 0.996. The zero-order valence-electron chi connectivity index (χ0n) is 13.0. The average Bonchev–Trinajstić information content (AvgIpc) is 3.08. The highest BCUT2D eigenvalue weighted by atomic mass is 35.5. The van der Waals surface area contributed by atoms with Gasteiger partial charge in [-0.15, -0.1) is 0 Å². The number of aromatic nitrogens is 4. The molecule has 0 saturated carbocycles. The zero-order chi connectivity index (χ0) is 17.2. The summed E-state index contributed by atoms with van der Waals surface area (Å²) in [6.45, 7) is 0. The number of nitrogens with zero attached hydrogens (tertiary/aromatic N) is 2. The molecule has 4 aromatic rings. The SMILES string of the molecule is O=c1ccc(-c2c(-c3cccc(Cl)c3)n[nH]c2-c2ccccc2)n[nH]1. The molecule has 0 spiro atoms. The van der Waals surface area contributed by atoms with E-state index in [1.807, 2.05) is 54.6 Å². The second kappa shape index (κ2) is 6.37. The average molecular weight is 349 g/mol. The number of rotatable bonds is 3. The van der Waals surface area contributed by atoms with Crippen molar-refractivity contribution in [2.24, 2.45) is 0 Å². The second-order valence-corrected chi connectivity index (χ2v) is 5.94. The van der Waals surface area contributed by atoms with Gasteiger partial charge in [-0.3, -0.25) is 9.89 Å². The highest BCUT2D eigenvalue weighted by Gasteiger charge is 2.19. The number of H-pyrrole nitrogens is 2. The first-order valence-electron chi connectivity index (χ1n) is 7.68. The Hall–Kier alpha value is -3.18. The summed E-state index contributed by atoms with van der Waals surface area (Å²) < 4.78 is 0. The Balaban J connectivity index is 1.98. The number of halogens is 1. The first-order chi connectivity index (χ1) is 12.2. The standard InChI is InChI=1S/C19H13ClN4O/c20-14-8-4-7-13(11-14)19-17(15-9-10-16(25)22-21-15)18(23-24-19)12-5-2-1-3-6-12/h1-11H,(H,22,25)(H,23,24). The van der Waals surface area contributed by atoms with Gasteiger partial charge in [0.1, 0.15) is 5.69 Å². The summed E-state index contributed by atoms with van der Waals surface area (Å²) in [4.78, 5) is 11.4. The summed E-state index contributed by atoms with van der Waals surface area (Å²) in [6.07, 6.45) is 0. The summed E-state index contributed by atoms with van der Waals surface area (Å²) in [7, 11) is 0. The van der Waals surface area contributed by atoms with E-state index in [1.165, 1.54) is 6.07 Å². The van der Waals surface area contributed by atoms with E-state index < -0.39 is 0 Å². The Morgan fingerprint density at radius 3 is 2.32 bits per heavy atom. The second-order valence-electron chi connectivity index (χ2n) is 5.51. The van der Waals surface area contributed by atoms with Gasteiger partial charge in [0.2, 0.25) is 0 Å². The molecule has 0 aliphatic rings. The van der Waals surface area contributed by atoms with Crippen molar-refractivity contribution in [3.05, 3.63) is 82.1 Å². The van der Waals surface area contributed by atoms with Gasteiger partial charge in [-0.1, -0.05) is 54.1 Å². The molecule has 2 heterocycles. The van der Waals surface area contributed by atoms with E-state index in [0.29, 0.717) is 10.7 Å². The van der Waals surface area contributed by atoms with Crippen LogP contribution in [-0.2, 0) is 0 Å². The van der Waals surface area contributed by atoms with Crippen molar-refractivity contribution in [1.29, 1.82) is 0 Å². The summed E-state index contributed by atoms with van der Waals surface area (Å²) in [5.74, 6) is 0. The van der Waals surface area contributed by atoms with Crippen molar-refractivity contribution in [2.75, 3.05) is 0 Å². The zero-order valence-corrected chi connectivity index (χ0v) is 13.8. The number of benzene rings is 2. The molecule has 2 N–H and O–H groups in total. The fraction of sp³-hybridized carbons (Fsp3) is 0. The number of aromatic amines is 2. The highest BCUT2D eigenvalue weighted by Crippen LogP contribution is 2.37. The van der Waals surface area contributed by atoms with Crippen LogP contribution in [0.4, 0.5) is 0 Å². The molecule has 4 rings (SSSR count). The van der Waals surface area contributed by atoms with Crippen LogP contribution in [0.5, 0.6) is 0 Å². The van der Waals surface area contributed by atoms with Crippen molar-refractivity contribution in [3.8, 4) is 33.8 Å². The Labute approximate surface area is 148 Å². The molecule has 0 saturated heterocycles. The van der Waals surface area contributed by atoms with Crippen LogP contribution < -0.4 is 5.56 Å². The van der Waals surface area contributed by atoms with E-state index in [-0.39, 0.29) is 5.56 Å². The molecule has 5 nitrogen and oxygen atoms in total. The van der Waals surface area contributed by atoms with Crippen LogP contribution in [0, 0.1) is 0 Å². The molecule has 0 bridgehead atoms. The maximum Gasteiger partial charge on any atom is 0.264 e. The lowest BCUT2D eigenvalue weighted by Crippen LogP contribution is -2.05. The van der Waals surface area contributed by atoms with Crippen LogP contribution in [0.25, 0.3) is 33.8 Å². The van der Waals surface area contributed by atoms with Crippen LogP contribution in [-0.4, -0.2) is 20.4 Å². The molecule has 0 amide bonds. The molecule has 0 radical (unpaired) electrons. The smallest absolute Gasteiger partial charge is 0.264 e. The van der Waals surface area contributed by atoms with Crippen molar-refractivity contribution in [2.45, 2.75) is 0 Å². The van der Waals surface area contributed by atoms with Crippen molar-refractivity contribution < 1.29 is 0 Å². The van der Waals surface area contributed by atoms with Gasteiger partial charge < -0.3 is 0 Å². The summed E-state index contributed by atoms with van der Waals surface area (Å²) in [6, 6.07) is 20.5. The van der Waals surface area contributed by atoms with E-state index in [0.717, 1.165) is 28.1 Å². The molecule has 0 aliphatic heterocycles. The summed E-state index contributed by atoms with van der Waals surface area (Å²) in [5, 5.41) is 14.9. The monoisotopic (exact) mass is 348 g/mol. The van der Waals surface area contributed by atoms with E-state index in [4.69, 9.17) is 11.6 Å². The third-order valence-corrected chi connectivity index (χ3v) is 4.10. The summed E-state index contributed by atoms with van der Waals surface area (Å²) >= 11 is 6.14. The molecule has 0 atom stereocenters. The third-order valence-electron chi connectivity index (χ3n) is 3.86. The normalized spacial score (nSPS) is 10.8. The molecular formula is C19H13ClN4O. The minimum Gasteiger partial charge on any atom is -0.277 e. The van der Waals surface area contributed by atoms with E-state index in [9.17, 15) is 4.79 Å². The van der Waals surface area contributed by atoms with Crippen LogP contribution in [0.15, 0.2) is 71.5 Å². The molecule has 25 heavy (non-hydrogen) atoms. The molecular weight excluding hydrogens is 336 g/mol. The van der Waals surface area contributed by atoms with Crippen molar-refractivity contribution in [1.82, 2.24) is 20.4 Å². The van der Waals surface area contributed by atoms with Gasteiger partial charge in [0.25, 0.3) is 5.56 Å². The van der Waals surface area contributed by atoms with Crippen LogP contribution in [0.2, 0.25) is 5.02 Å².